The number of fused-ring (bicyclic) bond motifs is 1. The molecule has 0 radical (unpaired) electrons. The van der Waals surface area contributed by atoms with Crippen LogP contribution in [0.5, 0.6) is 11.5 Å². The molecule has 0 atom stereocenters. The fourth-order valence-electron chi connectivity index (χ4n) is 3.50. The highest BCUT2D eigenvalue weighted by molar-refractivity contribution is 6.46. The summed E-state index contributed by atoms with van der Waals surface area (Å²) < 4.78 is 38.5. The summed E-state index contributed by atoms with van der Waals surface area (Å²) in [4.78, 5) is 27.3. The van der Waals surface area contributed by atoms with E-state index in [1.807, 2.05) is 0 Å². The molecule has 3 aromatic carbocycles. The summed E-state index contributed by atoms with van der Waals surface area (Å²) in [5.41, 5.74) is 0.571. The topological polar surface area (TPSA) is 67.9 Å². The van der Waals surface area contributed by atoms with E-state index in [4.69, 9.17) is 9.47 Å². The number of carbonyl (C=O) groups is 2. The average molecular weight is 420 g/mol. The maximum Gasteiger partial charge on any atom is 0.282 e. The molecule has 1 N–H and O–H groups in total. The van der Waals surface area contributed by atoms with Crippen LogP contribution >= 0.6 is 0 Å². The first-order valence-electron chi connectivity index (χ1n) is 9.33. The van der Waals surface area contributed by atoms with Crippen molar-refractivity contribution in [2.75, 3.05) is 17.0 Å². The van der Waals surface area contributed by atoms with Gasteiger partial charge in [-0.25, -0.2) is 13.7 Å². The van der Waals surface area contributed by atoms with Gasteiger partial charge in [0.1, 0.15) is 17.3 Å². The molecule has 0 saturated heterocycles. The molecule has 2 amide bonds. The Labute approximate surface area is 175 Å². The van der Waals surface area contributed by atoms with Crippen LogP contribution in [0.15, 0.2) is 72.4 Å². The highest BCUT2D eigenvalue weighted by Crippen LogP contribution is 2.38. The van der Waals surface area contributed by atoms with E-state index in [0.717, 1.165) is 11.0 Å². The lowest BCUT2D eigenvalue weighted by Crippen LogP contribution is -2.33. The van der Waals surface area contributed by atoms with Crippen LogP contribution in [0, 0.1) is 11.6 Å². The first kappa shape index (κ1) is 18.8. The number of halogens is 2. The van der Waals surface area contributed by atoms with Crippen molar-refractivity contribution in [3.05, 3.63) is 89.6 Å². The molecule has 3 aromatic rings. The predicted octanol–water partition coefficient (Wildman–Crippen LogP) is 4.09. The van der Waals surface area contributed by atoms with Gasteiger partial charge in [0.15, 0.2) is 11.5 Å². The molecule has 154 valence electrons. The Morgan fingerprint density at radius 3 is 2.35 bits per heavy atom. The second-order valence-electron chi connectivity index (χ2n) is 6.85. The number of hydrogen-bond acceptors (Lipinski definition) is 5. The normalized spacial score (nSPS) is 15.1. The van der Waals surface area contributed by atoms with Crippen LogP contribution in [0.3, 0.4) is 0 Å². The lowest BCUT2D eigenvalue weighted by molar-refractivity contribution is -0.120. The van der Waals surface area contributed by atoms with Gasteiger partial charge in [-0.3, -0.25) is 9.59 Å². The van der Waals surface area contributed by atoms with E-state index in [1.54, 1.807) is 18.2 Å². The number of nitrogens with zero attached hydrogens (tertiary/aromatic N) is 1. The van der Waals surface area contributed by atoms with Crippen LogP contribution in [0.25, 0.3) is 5.57 Å². The molecule has 6 nitrogen and oxygen atoms in total. The summed E-state index contributed by atoms with van der Waals surface area (Å²) in [6.45, 7) is 0.0841. The third-order valence-electron chi connectivity index (χ3n) is 4.95. The van der Waals surface area contributed by atoms with Crippen molar-refractivity contribution in [2.24, 2.45) is 0 Å². The van der Waals surface area contributed by atoms with Crippen LogP contribution in [0.4, 0.5) is 20.2 Å². The number of amides is 2. The van der Waals surface area contributed by atoms with E-state index < -0.39 is 23.4 Å². The predicted molar refractivity (Wildman–Crippen MR) is 108 cm³/mol. The fourth-order valence-corrected chi connectivity index (χ4v) is 3.50. The molecule has 2 heterocycles. The summed E-state index contributed by atoms with van der Waals surface area (Å²) in [6, 6.07) is 15.6. The number of hydrogen-bond donors (Lipinski definition) is 1. The largest absolute Gasteiger partial charge is 0.454 e. The van der Waals surface area contributed by atoms with E-state index >= 15 is 0 Å². The monoisotopic (exact) mass is 420 g/mol. The van der Waals surface area contributed by atoms with E-state index in [2.05, 4.69) is 5.32 Å². The summed E-state index contributed by atoms with van der Waals surface area (Å²) >= 11 is 0. The minimum absolute atomic E-state index is 0.00548. The molecule has 0 unspecified atom stereocenters. The summed E-state index contributed by atoms with van der Waals surface area (Å²) in [5.74, 6) is -1.61. The Kier molecular flexibility index (Phi) is 4.39. The first-order valence-corrected chi connectivity index (χ1v) is 9.33. The number of rotatable bonds is 4. The van der Waals surface area contributed by atoms with Crippen LogP contribution in [0.1, 0.15) is 5.56 Å². The number of benzene rings is 3. The Balaban J connectivity index is 1.61. The maximum atomic E-state index is 14.4. The molecule has 0 fully saturated rings. The molecule has 0 aromatic heterocycles. The van der Waals surface area contributed by atoms with Gasteiger partial charge in [0.05, 0.1) is 11.3 Å². The molecule has 0 spiro atoms. The van der Waals surface area contributed by atoms with Crippen molar-refractivity contribution in [1.82, 2.24) is 0 Å². The van der Waals surface area contributed by atoms with E-state index in [-0.39, 0.29) is 23.8 Å². The zero-order valence-electron chi connectivity index (χ0n) is 15.9. The Morgan fingerprint density at radius 2 is 1.58 bits per heavy atom. The summed E-state index contributed by atoms with van der Waals surface area (Å²) in [6.07, 6.45) is 0. The van der Waals surface area contributed by atoms with Gasteiger partial charge < -0.3 is 14.8 Å². The van der Waals surface area contributed by atoms with Crippen LogP contribution in [-0.4, -0.2) is 18.6 Å². The van der Waals surface area contributed by atoms with Gasteiger partial charge in [-0.05, 0) is 42.0 Å². The van der Waals surface area contributed by atoms with Crippen molar-refractivity contribution in [2.45, 2.75) is 0 Å². The van der Waals surface area contributed by atoms with Crippen LogP contribution < -0.4 is 19.7 Å². The standard InChI is InChI=1S/C23H14F2N2O4/c24-14-7-5-13(6-8-14)20-21(26-15-9-10-18-19(11-15)31-12-30-18)23(29)27(22(20)28)17-4-2-1-3-16(17)25/h1-11,26H,12H2. The van der Waals surface area contributed by atoms with Crippen molar-refractivity contribution in [3.8, 4) is 11.5 Å². The number of ether oxygens (including phenoxy) is 2. The number of carbonyl (C=O) groups excluding carboxylic acids is 2. The minimum Gasteiger partial charge on any atom is -0.454 e. The van der Waals surface area contributed by atoms with Crippen molar-refractivity contribution < 1.29 is 27.8 Å². The van der Waals surface area contributed by atoms with Gasteiger partial charge >= 0.3 is 0 Å². The average Bonchev–Trinajstić information content (AvgIpc) is 3.32. The molecule has 5 rings (SSSR count). The number of nitrogens with one attached hydrogen (secondary N) is 1. The summed E-state index contributed by atoms with van der Waals surface area (Å²) in [5, 5.41) is 2.95. The molecule has 0 bridgehead atoms. The fraction of sp³-hybridized carbons (Fsp3) is 0.0435. The van der Waals surface area contributed by atoms with E-state index in [1.165, 1.54) is 42.5 Å². The quantitative estimate of drug-likeness (QED) is 0.644. The summed E-state index contributed by atoms with van der Waals surface area (Å²) in [7, 11) is 0. The van der Waals surface area contributed by atoms with Gasteiger partial charge in [-0.15, -0.1) is 0 Å². The zero-order valence-corrected chi connectivity index (χ0v) is 15.9. The van der Waals surface area contributed by atoms with Crippen molar-refractivity contribution in [3.63, 3.8) is 0 Å². The molecule has 0 aliphatic carbocycles. The van der Waals surface area contributed by atoms with Crippen LogP contribution in [-0.2, 0) is 9.59 Å². The second-order valence-corrected chi connectivity index (χ2v) is 6.85. The molecule has 0 saturated carbocycles. The van der Waals surface area contributed by atoms with Crippen molar-refractivity contribution in [1.29, 1.82) is 0 Å². The Morgan fingerprint density at radius 1 is 0.839 bits per heavy atom. The SMILES string of the molecule is O=C1C(Nc2ccc3c(c2)OCO3)=C(c2ccc(F)cc2)C(=O)N1c1ccccc1F. The molecule has 8 heteroatoms. The third kappa shape index (κ3) is 3.18. The molecule has 31 heavy (non-hydrogen) atoms. The maximum absolute atomic E-state index is 14.4. The molecular weight excluding hydrogens is 406 g/mol. The third-order valence-corrected chi connectivity index (χ3v) is 4.95. The first-order chi connectivity index (χ1) is 15.0. The molecule has 2 aliphatic rings. The second kappa shape index (κ2) is 7.24. The van der Waals surface area contributed by atoms with Gasteiger partial charge in [0.25, 0.3) is 11.8 Å². The highest BCUT2D eigenvalue weighted by Gasteiger charge is 2.41. The van der Waals surface area contributed by atoms with Gasteiger partial charge in [0.2, 0.25) is 6.79 Å². The highest BCUT2D eigenvalue weighted by atomic mass is 19.1. The van der Waals surface area contributed by atoms with Gasteiger partial charge in [-0.2, -0.15) is 0 Å². The smallest absolute Gasteiger partial charge is 0.282 e. The number of anilines is 2. The van der Waals surface area contributed by atoms with Gasteiger partial charge in [-0.1, -0.05) is 24.3 Å². The molecular formula is C23H14F2N2O4. The number of imide groups is 1. The van der Waals surface area contributed by atoms with Gasteiger partial charge in [0, 0.05) is 11.8 Å². The van der Waals surface area contributed by atoms with E-state index in [9.17, 15) is 18.4 Å². The Hall–Kier alpha value is -4.20. The van der Waals surface area contributed by atoms with Crippen LogP contribution in [0.2, 0.25) is 0 Å². The minimum atomic E-state index is -0.730. The molecule has 2 aliphatic heterocycles. The zero-order chi connectivity index (χ0) is 21.5. The van der Waals surface area contributed by atoms with E-state index in [0.29, 0.717) is 22.7 Å². The van der Waals surface area contributed by atoms with Crippen molar-refractivity contribution >= 4 is 28.8 Å². The number of para-hydroxylation sites is 1. The Bertz CT molecular complexity index is 1250. The lowest BCUT2D eigenvalue weighted by Gasteiger charge is -2.16. The lowest BCUT2D eigenvalue weighted by atomic mass is 10.0.